The summed E-state index contributed by atoms with van der Waals surface area (Å²) < 4.78 is 12.1. The number of methoxy groups -OCH3 is 2. The van der Waals surface area contributed by atoms with Crippen LogP contribution >= 0.6 is 11.6 Å². The van der Waals surface area contributed by atoms with Crippen LogP contribution < -0.4 is 14.8 Å². The van der Waals surface area contributed by atoms with Crippen LogP contribution in [0.2, 0.25) is 5.02 Å². The van der Waals surface area contributed by atoms with Crippen molar-refractivity contribution in [1.82, 2.24) is 14.8 Å². The summed E-state index contributed by atoms with van der Waals surface area (Å²) in [6.45, 7) is 0. The number of halogens is 1. The Morgan fingerprint density at radius 2 is 1.83 bits per heavy atom. The fourth-order valence-electron chi connectivity index (χ4n) is 2.12. The normalized spacial score (nSPS) is 10.4. The first-order valence-electron chi connectivity index (χ1n) is 6.87. The van der Waals surface area contributed by atoms with Gasteiger partial charge < -0.3 is 14.8 Å². The molecule has 0 atom stereocenters. The van der Waals surface area contributed by atoms with Crippen molar-refractivity contribution < 1.29 is 9.47 Å². The predicted octanol–water partition coefficient (Wildman–Crippen LogP) is 3.68. The second-order valence-electron chi connectivity index (χ2n) is 4.66. The fourth-order valence-corrected chi connectivity index (χ4v) is 2.34. The van der Waals surface area contributed by atoms with Crippen molar-refractivity contribution in [1.29, 1.82) is 0 Å². The molecule has 0 amide bonds. The highest BCUT2D eigenvalue weighted by Crippen LogP contribution is 2.30. The van der Waals surface area contributed by atoms with Gasteiger partial charge in [0.1, 0.15) is 6.33 Å². The third-order valence-corrected chi connectivity index (χ3v) is 3.55. The van der Waals surface area contributed by atoms with Gasteiger partial charge >= 0.3 is 0 Å². The molecule has 0 spiro atoms. The Labute approximate surface area is 138 Å². The largest absolute Gasteiger partial charge is 0.493 e. The fraction of sp³-hybridized carbons (Fsp3) is 0.125. The molecular formula is C16H15ClN4O2. The van der Waals surface area contributed by atoms with E-state index in [-0.39, 0.29) is 0 Å². The van der Waals surface area contributed by atoms with E-state index in [2.05, 4.69) is 15.4 Å². The number of nitrogens with zero attached hydrogens (tertiary/aromatic N) is 3. The summed E-state index contributed by atoms with van der Waals surface area (Å²) in [6.07, 6.45) is 1.60. The number of para-hydroxylation sites is 1. The summed E-state index contributed by atoms with van der Waals surface area (Å²) in [4.78, 5) is 4.24. The molecule has 23 heavy (non-hydrogen) atoms. The number of hydrogen-bond donors (Lipinski definition) is 1. The van der Waals surface area contributed by atoms with Crippen LogP contribution in [0.15, 0.2) is 48.8 Å². The first-order valence-corrected chi connectivity index (χ1v) is 7.24. The average Bonchev–Trinajstić information content (AvgIpc) is 3.03. The summed E-state index contributed by atoms with van der Waals surface area (Å²) in [5.41, 5.74) is 1.56. The summed E-state index contributed by atoms with van der Waals surface area (Å²) in [7, 11) is 3.18. The van der Waals surface area contributed by atoms with E-state index in [4.69, 9.17) is 21.1 Å². The van der Waals surface area contributed by atoms with E-state index < -0.39 is 0 Å². The molecule has 1 aromatic heterocycles. The second kappa shape index (κ2) is 6.58. The molecule has 0 aliphatic heterocycles. The molecule has 118 valence electrons. The molecule has 0 radical (unpaired) electrons. The molecule has 0 aliphatic rings. The van der Waals surface area contributed by atoms with Gasteiger partial charge in [0.2, 0.25) is 5.95 Å². The second-order valence-corrected chi connectivity index (χ2v) is 5.07. The molecule has 0 saturated carbocycles. The quantitative estimate of drug-likeness (QED) is 0.773. The molecule has 7 heteroatoms. The third kappa shape index (κ3) is 3.22. The van der Waals surface area contributed by atoms with Gasteiger partial charge in [0.25, 0.3) is 0 Å². The minimum absolute atomic E-state index is 0.456. The van der Waals surface area contributed by atoms with Crippen molar-refractivity contribution >= 4 is 23.2 Å². The van der Waals surface area contributed by atoms with E-state index in [1.165, 1.54) is 0 Å². The lowest BCUT2D eigenvalue weighted by Gasteiger charge is -2.09. The summed E-state index contributed by atoms with van der Waals surface area (Å²) in [5, 5.41) is 8.10. The van der Waals surface area contributed by atoms with Crippen molar-refractivity contribution in [2.75, 3.05) is 19.5 Å². The van der Waals surface area contributed by atoms with Gasteiger partial charge in [-0.3, -0.25) is 0 Å². The Hall–Kier alpha value is -2.73. The van der Waals surface area contributed by atoms with Crippen LogP contribution in [0.25, 0.3) is 5.69 Å². The van der Waals surface area contributed by atoms with Gasteiger partial charge in [-0.1, -0.05) is 23.7 Å². The molecule has 3 rings (SSSR count). The zero-order valence-corrected chi connectivity index (χ0v) is 13.4. The average molecular weight is 331 g/mol. The van der Waals surface area contributed by atoms with Crippen LogP contribution in [-0.4, -0.2) is 29.0 Å². The van der Waals surface area contributed by atoms with Crippen molar-refractivity contribution in [3.05, 3.63) is 53.8 Å². The molecule has 1 heterocycles. The first-order chi connectivity index (χ1) is 11.2. The summed E-state index contributed by atoms with van der Waals surface area (Å²) in [6, 6.07) is 12.9. The Balaban J connectivity index is 1.83. The number of benzene rings is 2. The minimum atomic E-state index is 0.456. The maximum Gasteiger partial charge on any atom is 0.246 e. The van der Waals surface area contributed by atoms with Gasteiger partial charge in [0, 0.05) is 11.8 Å². The van der Waals surface area contributed by atoms with E-state index in [1.807, 2.05) is 36.4 Å². The number of aromatic nitrogens is 3. The number of nitrogens with one attached hydrogen (secondary N) is 1. The molecule has 2 aromatic carbocycles. The van der Waals surface area contributed by atoms with E-state index in [9.17, 15) is 0 Å². The van der Waals surface area contributed by atoms with E-state index >= 15 is 0 Å². The topological polar surface area (TPSA) is 61.2 Å². The molecule has 0 bridgehead atoms. The maximum atomic E-state index is 6.16. The molecule has 0 aliphatic carbocycles. The van der Waals surface area contributed by atoms with Crippen molar-refractivity contribution in [2.45, 2.75) is 0 Å². The maximum absolute atomic E-state index is 6.16. The van der Waals surface area contributed by atoms with Crippen molar-refractivity contribution in [3.8, 4) is 17.2 Å². The molecule has 6 nitrogen and oxygen atoms in total. The van der Waals surface area contributed by atoms with Crippen LogP contribution in [0.3, 0.4) is 0 Å². The highest BCUT2D eigenvalue weighted by molar-refractivity contribution is 6.32. The zero-order chi connectivity index (χ0) is 16.2. The van der Waals surface area contributed by atoms with Crippen LogP contribution in [0, 0.1) is 0 Å². The molecule has 3 aromatic rings. The van der Waals surface area contributed by atoms with E-state index in [0.717, 1.165) is 11.4 Å². The lowest BCUT2D eigenvalue weighted by molar-refractivity contribution is 0.355. The smallest absolute Gasteiger partial charge is 0.246 e. The summed E-state index contributed by atoms with van der Waals surface area (Å²) >= 11 is 6.16. The molecular weight excluding hydrogens is 316 g/mol. The Morgan fingerprint density at radius 3 is 2.57 bits per heavy atom. The van der Waals surface area contributed by atoms with E-state index in [1.54, 1.807) is 31.3 Å². The lowest BCUT2D eigenvalue weighted by atomic mass is 10.3. The van der Waals surface area contributed by atoms with Gasteiger partial charge in [-0.05, 0) is 24.3 Å². The Bertz CT molecular complexity index is 819. The lowest BCUT2D eigenvalue weighted by Crippen LogP contribution is -1.98. The molecule has 0 saturated heterocycles. The predicted molar refractivity (Wildman–Crippen MR) is 89.2 cm³/mol. The highest BCUT2D eigenvalue weighted by atomic mass is 35.5. The number of hydrogen-bond acceptors (Lipinski definition) is 5. The van der Waals surface area contributed by atoms with Gasteiger partial charge in [0.15, 0.2) is 11.5 Å². The van der Waals surface area contributed by atoms with Gasteiger partial charge in [-0.15, -0.1) is 5.10 Å². The van der Waals surface area contributed by atoms with Crippen LogP contribution in [0.5, 0.6) is 11.5 Å². The third-order valence-electron chi connectivity index (χ3n) is 3.23. The van der Waals surface area contributed by atoms with Gasteiger partial charge in [0.05, 0.1) is 24.9 Å². The highest BCUT2D eigenvalue weighted by Gasteiger charge is 2.08. The van der Waals surface area contributed by atoms with Crippen molar-refractivity contribution in [2.24, 2.45) is 0 Å². The molecule has 0 unspecified atom stereocenters. The van der Waals surface area contributed by atoms with Crippen LogP contribution in [0.4, 0.5) is 11.6 Å². The first kappa shape index (κ1) is 15.2. The molecule has 1 N–H and O–H groups in total. The van der Waals surface area contributed by atoms with E-state index in [0.29, 0.717) is 22.5 Å². The molecule has 0 fully saturated rings. The Kier molecular flexibility index (Phi) is 4.34. The van der Waals surface area contributed by atoms with Gasteiger partial charge in [-0.25, -0.2) is 4.68 Å². The minimum Gasteiger partial charge on any atom is -0.493 e. The summed E-state index contributed by atoms with van der Waals surface area (Å²) in [5.74, 6) is 1.74. The van der Waals surface area contributed by atoms with Crippen LogP contribution in [0.1, 0.15) is 0 Å². The standard InChI is InChI=1S/C16H15ClN4O2/c1-22-14-8-7-11(9-15(14)23-2)19-16-18-10-21(20-16)13-6-4-3-5-12(13)17/h3-10H,1-2H3,(H,19,20). The number of ether oxygens (including phenoxy) is 2. The zero-order valence-electron chi connectivity index (χ0n) is 12.7. The number of rotatable bonds is 5. The van der Waals surface area contributed by atoms with Crippen LogP contribution in [-0.2, 0) is 0 Å². The Morgan fingerprint density at radius 1 is 1.04 bits per heavy atom. The number of anilines is 2. The SMILES string of the molecule is COc1ccc(Nc2ncn(-c3ccccc3Cl)n2)cc1OC. The van der Waals surface area contributed by atoms with Gasteiger partial charge in [-0.2, -0.15) is 4.98 Å². The monoisotopic (exact) mass is 330 g/mol. The van der Waals surface area contributed by atoms with Crippen molar-refractivity contribution in [3.63, 3.8) is 0 Å².